The molecular formula is CH4ClLiO. The molecule has 0 amide bonds. The minimum atomic E-state index is -0.278. The maximum atomic E-state index is 7.33. The topological polar surface area (TPSA) is 20.2 Å². The van der Waals surface area contributed by atoms with Crippen LogP contribution >= 0.6 is 11.6 Å². The Hall–Kier alpha value is 0.847. The van der Waals surface area contributed by atoms with E-state index in [2.05, 4.69) is 11.6 Å². The van der Waals surface area contributed by atoms with Gasteiger partial charge in [-0.05, 0) is 0 Å². The van der Waals surface area contributed by atoms with Crippen LogP contribution in [-0.2, 0) is 0 Å². The second-order valence-electron chi connectivity index (χ2n) is 0.120. The number of alkyl halides is 1. The quantitative estimate of drug-likeness (QED) is 0.245. The molecule has 3 heteroatoms. The van der Waals surface area contributed by atoms with Gasteiger partial charge in [0, 0.05) is 0 Å². The van der Waals surface area contributed by atoms with E-state index >= 15 is 0 Å². The van der Waals surface area contributed by atoms with E-state index in [0.29, 0.717) is 0 Å². The van der Waals surface area contributed by atoms with Gasteiger partial charge in [0.15, 0.2) is 0 Å². The standard InChI is InChI=1S/CH3ClO.Li.H/c2-1-3;;/h3H,1H2;;/q;+1;-1. The van der Waals surface area contributed by atoms with Crippen molar-refractivity contribution in [1.82, 2.24) is 0 Å². The van der Waals surface area contributed by atoms with Crippen LogP contribution in [0.1, 0.15) is 1.43 Å². The van der Waals surface area contributed by atoms with E-state index in [9.17, 15) is 0 Å². The molecule has 4 heavy (non-hydrogen) atoms. The Kier molecular flexibility index (Phi) is 20.2. The summed E-state index contributed by atoms with van der Waals surface area (Å²) in [7, 11) is 0. The second kappa shape index (κ2) is 9.14. The van der Waals surface area contributed by atoms with Crippen LogP contribution in [0, 0.1) is 0 Å². The van der Waals surface area contributed by atoms with Gasteiger partial charge in [-0.2, -0.15) is 0 Å². The molecule has 0 saturated carbocycles. The van der Waals surface area contributed by atoms with E-state index in [1.165, 1.54) is 0 Å². The minimum absolute atomic E-state index is 0. The van der Waals surface area contributed by atoms with Crippen molar-refractivity contribution in [2.75, 3.05) is 6.07 Å². The Morgan fingerprint density at radius 1 is 2.00 bits per heavy atom. The van der Waals surface area contributed by atoms with Crippen LogP contribution < -0.4 is 18.9 Å². The van der Waals surface area contributed by atoms with E-state index in [1.54, 1.807) is 0 Å². The summed E-state index contributed by atoms with van der Waals surface area (Å²) in [4.78, 5) is 0. The van der Waals surface area contributed by atoms with Gasteiger partial charge in [0.25, 0.3) is 0 Å². The van der Waals surface area contributed by atoms with Crippen molar-refractivity contribution in [2.45, 2.75) is 0 Å². The first-order chi connectivity index (χ1) is 1.41. The van der Waals surface area contributed by atoms with Crippen molar-refractivity contribution in [3.8, 4) is 0 Å². The maximum absolute atomic E-state index is 7.33. The van der Waals surface area contributed by atoms with Gasteiger partial charge in [0.05, 0.1) is 0 Å². The van der Waals surface area contributed by atoms with Crippen molar-refractivity contribution in [3.63, 3.8) is 0 Å². The Labute approximate surface area is 43.6 Å². The van der Waals surface area contributed by atoms with Gasteiger partial charge < -0.3 is 6.53 Å². The second-order valence-corrected chi connectivity index (χ2v) is 0.359. The van der Waals surface area contributed by atoms with Crippen LogP contribution in [0.5, 0.6) is 0 Å². The SMILES string of the molecule is OCCl.[H-].[Li+]. The molecule has 0 fully saturated rings. The van der Waals surface area contributed by atoms with Crippen LogP contribution in [0.15, 0.2) is 0 Å². The number of hydrogen-bond donors (Lipinski definition) is 1. The summed E-state index contributed by atoms with van der Waals surface area (Å²) >= 11 is 4.55. The van der Waals surface area contributed by atoms with Gasteiger partial charge in [-0.25, -0.2) is 0 Å². The van der Waals surface area contributed by atoms with E-state index in [4.69, 9.17) is 5.11 Å². The molecular weight excluding hydrogens is 70.4 g/mol. The first kappa shape index (κ1) is 8.85. The van der Waals surface area contributed by atoms with Crippen molar-refractivity contribution < 1.29 is 25.4 Å². The predicted octanol–water partition coefficient (Wildman–Crippen LogP) is -2.71. The van der Waals surface area contributed by atoms with Gasteiger partial charge in [0.2, 0.25) is 0 Å². The first-order valence-corrected chi connectivity index (χ1v) is 1.12. The Morgan fingerprint density at radius 2 is 2.00 bits per heavy atom. The molecule has 0 aliphatic carbocycles. The van der Waals surface area contributed by atoms with E-state index in [0.717, 1.165) is 0 Å². The number of aliphatic hydroxyl groups excluding tert-OH is 1. The molecule has 0 rings (SSSR count). The molecule has 0 radical (unpaired) electrons. The molecule has 0 saturated heterocycles. The summed E-state index contributed by atoms with van der Waals surface area (Å²) in [5.41, 5.74) is 0. The van der Waals surface area contributed by atoms with Crippen molar-refractivity contribution in [2.24, 2.45) is 0 Å². The number of halogens is 1. The number of aliphatic hydroxyl groups is 1. The molecule has 0 aromatic carbocycles. The molecule has 0 aromatic rings. The normalized spacial score (nSPS) is 4.50. The first-order valence-electron chi connectivity index (χ1n) is 0.583. The van der Waals surface area contributed by atoms with Crippen molar-refractivity contribution >= 4 is 11.6 Å². The predicted molar refractivity (Wildman–Crippen MR) is 14.1 cm³/mol. The molecule has 0 unspecified atom stereocenters. The smallest absolute Gasteiger partial charge is 1.00 e. The molecule has 0 heterocycles. The molecule has 0 bridgehead atoms. The summed E-state index contributed by atoms with van der Waals surface area (Å²) in [6, 6.07) is -0.278. The summed E-state index contributed by atoms with van der Waals surface area (Å²) in [6.45, 7) is 0. The zero-order valence-electron chi connectivity index (χ0n) is 3.53. The van der Waals surface area contributed by atoms with Gasteiger partial charge in [-0.3, -0.25) is 0 Å². The van der Waals surface area contributed by atoms with Gasteiger partial charge in [0.1, 0.15) is 6.07 Å². The van der Waals surface area contributed by atoms with Gasteiger partial charge in [-0.1, -0.05) is 11.6 Å². The molecule has 0 spiro atoms. The monoisotopic (exact) mass is 74.0 g/mol. The molecule has 1 N–H and O–H groups in total. The van der Waals surface area contributed by atoms with Crippen LogP contribution in [0.2, 0.25) is 0 Å². The van der Waals surface area contributed by atoms with Crippen molar-refractivity contribution in [1.29, 1.82) is 0 Å². The molecule has 0 aromatic heterocycles. The fourth-order valence-corrected chi connectivity index (χ4v) is 0. The van der Waals surface area contributed by atoms with Gasteiger partial charge >= 0.3 is 18.9 Å². The maximum Gasteiger partial charge on any atom is 1.00 e. The van der Waals surface area contributed by atoms with Crippen LogP contribution in [0.3, 0.4) is 0 Å². The summed E-state index contributed by atoms with van der Waals surface area (Å²) in [6.07, 6.45) is 0. The molecule has 0 aliphatic rings. The van der Waals surface area contributed by atoms with E-state index in [1.807, 2.05) is 0 Å². The molecule has 22 valence electrons. The third kappa shape index (κ3) is 13.5. The fourth-order valence-electron chi connectivity index (χ4n) is 0. The van der Waals surface area contributed by atoms with E-state index in [-0.39, 0.29) is 26.4 Å². The minimum Gasteiger partial charge on any atom is -1.00 e. The van der Waals surface area contributed by atoms with Crippen LogP contribution in [-0.4, -0.2) is 11.2 Å². The largest absolute Gasteiger partial charge is 1.00 e. The third-order valence-electron chi connectivity index (χ3n) is 0. The summed E-state index contributed by atoms with van der Waals surface area (Å²) in [5, 5.41) is 7.33. The van der Waals surface area contributed by atoms with Crippen LogP contribution in [0.25, 0.3) is 0 Å². The molecule has 0 atom stereocenters. The zero-order valence-corrected chi connectivity index (χ0v) is 3.29. The summed E-state index contributed by atoms with van der Waals surface area (Å²) < 4.78 is 0. The Bertz CT molecular complexity index is 11.6. The Balaban J connectivity index is -0.0000000200. The summed E-state index contributed by atoms with van der Waals surface area (Å²) in [5.74, 6) is 0. The van der Waals surface area contributed by atoms with Gasteiger partial charge in [-0.15, -0.1) is 0 Å². The van der Waals surface area contributed by atoms with Crippen molar-refractivity contribution in [3.05, 3.63) is 0 Å². The Morgan fingerprint density at radius 3 is 2.00 bits per heavy atom. The third-order valence-corrected chi connectivity index (χ3v) is 0. The average Bonchev–Trinajstić information content (AvgIpc) is 0.918. The molecule has 0 aliphatic heterocycles. The number of rotatable bonds is 0. The average molecular weight is 74.4 g/mol. The van der Waals surface area contributed by atoms with Crippen LogP contribution in [0.4, 0.5) is 0 Å². The zero-order chi connectivity index (χ0) is 2.71. The van der Waals surface area contributed by atoms with E-state index < -0.39 is 0 Å². The molecule has 1 nitrogen and oxygen atoms in total. The fraction of sp³-hybridized carbons (Fsp3) is 1.00. The number of hydrogen-bond acceptors (Lipinski definition) is 1.